The van der Waals surface area contributed by atoms with Gasteiger partial charge in [-0.15, -0.1) is 0 Å². The Morgan fingerprint density at radius 3 is 2.32 bits per heavy atom. The van der Waals surface area contributed by atoms with Crippen molar-refractivity contribution in [3.8, 4) is 0 Å². The third-order valence-electron chi connectivity index (χ3n) is 6.35. The van der Waals surface area contributed by atoms with Crippen LogP contribution in [0.2, 0.25) is 0 Å². The fourth-order valence-corrected chi connectivity index (χ4v) is 6.09. The predicted molar refractivity (Wildman–Crippen MR) is 121 cm³/mol. The van der Waals surface area contributed by atoms with E-state index in [9.17, 15) is 18.0 Å². The van der Waals surface area contributed by atoms with Crippen LogP contribution < -0.4 is 14.9 Å². The van der Waals surface area contributed by atoms with Crippen molar-refractivity contribution in [3.05, 3.63) is 23.8 Å². The highest BCUT2D eigenvalue weighted by Gasteiger charge is 2.33. The first kappa shape index (κ1) is 23.7. The molecule has 3 rings (SSSR count). The van der Waals surface area contributed by atoms with Crippen LogP contribution in [0.4, 0.5) is 5.69 Å². The molecule has 2 atom stereocenters. The van der Waals surface area contributed by atoms with Crippen LogP contribution in [0.1, 0.15) is 71.8 Å². The van der Waals surface area contributed by atoms with Gasteiger partial charge in [0.05, 0.1) is 4.90 Å². The Morgan fingerprint density at radius 1 is 1.10 bits per heavy atom. The Kier molecular flexibility index (Phi) is 7.42. The summed E-state index contributed by atoms with van der Waals surface area (Å²) in [6, 6.07) is 4.08. The van der Waals surface area contributed by atoms with Gasteiger partial charge in [-0.3, -0.25) is 9.59 Å². The average molecular weight is 450 g/mol. The molecule has 1 saturated carbocycles. The zero-order valence-corrected chi connectivity index (χ0v) is 19.8. The molecule has 1 heterocycles. The number of sulfonamides is 1. The summed E-state index contributed by atoms with van der Waals surface area (Å²) in [5, 5.41) is 3.07. The lowest BCUT2D eigenvalue weighted by Gasteiger charge is -2.25. The van der Waals surface area contributed by atoms with Crippen molar-refractivity contribution < 1.29 is 18.0 Å². The van der Waals surface area contributed by atoms with Gasteiger partial charge in [-0.2, -0.15) is 4.72 Å². The highest BCUT2D eigenvalue weighted by atomic mass is 32.2. The molecule has 1 aromatic rings. The maximum atomic E-state index is 13.1. The monoisotopic (exact) mass is 449 g/mol. The van der Waals surface area contributed by atoms with Crippen molar-refractivity contribution >= 4 is 27.5 Å². The number of amides is 2. The number of carbonyl (C=O) groups is 2. The second kappa shape index (κ2) is 9.69. The quantitative estimate of drug-likeness (QED) is 0.652. The topological polar surface area (TPSA) is 95.6 Å². The van der Waals surface area contributed by atoms with Crippen LogP contribution in [0.15, 0.2) is 23.1 Å². The number of carbonyl (C=O) groups excluding carboxylic acids is 2. The average Bonchev–Trinajstić information content (AvgIpc) is 2.83. The first-order valence-electron chi connectivity index (χ1n) is 11.4. The molecule has 1 aliphatic heterocycles. The smallest absolute Gasteiger partial charge is 0.241 e. The summed E-state index contributed by atoms with van der Waals surface area (Å²) in [5.74, 6) is -0.513. The highest BCUT2D eigenvalue weighted by molar-refractivity contribution is 7.89. The molecule has 7 nitrogen and oxygen atoms in total. The van der Waals surface area contributed by atoms with Gasteiger partial charge in [0.2, 0.25) is 21.8 Å². The molecule has 2 N–H and O–H groups in total. The van der Waals surface area contributed by atoms with Gasteiger partial charge in [0, 0.05) is 24.7 Å². The normalized spacial score (nSPS) is 20.9. The van der Waals surface area contributed by atoms with E-state index in [0.29, 0.717) is 6.42 Å². The summed E-state index contributed by atoms with van der Waals surface area (Å²) in [5.41, 5.74) is 1.58. The van der Waals surface area contributed by atoms with Crippen LogP contribution in [0.25, 0.3) is 0 Å². The van der Waals surface area contributed by atoms with Crippen molar-refractivity contribution in [2.24, 2.45) is 5.92 Å². The molecule has 0 radical (unpaired) electrons. The number of hydrogen-bond donors (Lipinski definition) is 2. The summed E-state index contributed by atoms with van der Waals surface area (Å²) in [7, 11) is -3.89. The standard InChI is InChI=1S/C23H35N3O4S/c1-15(2)22(23(28)24-19-9-7-5-6-8-10-19)25-31(29,30)20-11-12-21-18(14-20)13-16(3)26(21)17(4)27/h11-12,14-16,19,22,25H,5-10,13H2,1-4H3,(H,24,28)/t16-,22+/m1/s1. The summed E-state index contributed by atoms with van der Waals surface area (Å²) in [6.45, 7) is 7.14. The fraction of sp³-hybridized carbons (Fsp3) is 0.652. The Morgan fingerprint density at radius 2 is 1.74 bits per heavy atom. The first-order chi connectivity index (χ1) is 14.6. The van der Waals surface area contributed by atoms with E-state index < -0.39 is 16.1 Å². The zero-order valence-electron chi connectivity index (χ0n) is 19.0. The van der Waals surface area contributed by atoms with Crippen LogP contribution in [0, 0.1) is 5.92 Å². The molecular formula is C23H35N3O4S. The van der Waals surface area contributed by atoms with Gasteiger partial charge in [-0.25, -0.2) is 8.42 Å². The number of anilines is 1. The molecule has 0 spiro atoms. The molecule has 0 saturated heterocycles. The summed E-state index contributed by atoms with van der Waals surface area (Å²) >= 11 is 0. The van der Waals surface area contributed by atoms with Crippen molar-refractivity contribution in [3.63, 3.8) is 0 Å². The number of fused-ring (bicyclic) bond motifs is 1. The third kappa shape index (κ3) is 5.47. The van der Waals surface area contributed by atoms with Crippen LogP contribution in [0.3, 0.4) is 0 Å². The molecule has 2 amide bonds. The lowest BCUT2D eigenvalue weighted by molar-refractivity contribution is -0.124. The van der Waals surface area contributed by atoms with Crippen LogP contribution >= 0.6 is 0 Å². The Bertz CT molecular complexity index is 921. The SMILES string of the molecule is CC(=O)N1c2ccc(S(=O)(=O)N[C@H](C(=O)NC3CCCCCC3)C(C)C)cc2C[C@H]1C. The maximum Gasteiger partial charge on any atom is 0.241 e. The molecule has 31 heavy (non-hydrogen) atoms. The van der Waals surface area contributed by atoms with Gasteiger partial charge in [-0.1, -0.05) is 39.5 Å². The molecule has 2 aliphatic rings. The van der Waals surface area contributed by atoms with E-state index >= 15 is 0 Å². The number of hydrogen-bond acceptors (Lipinski definition) is 4. The molecule has 0 unspecified atom stereocenters. The third-order valence-corrected chi connectivity index (χ3v) is 7.79. The van der Waals surface area contributed by atoms with E-state index in [2.05, 4.69) is 10.0 Å². The van der Waals surface area contributed by atoms with Crippen molar-refractivity contribution in [1.29, 1.82) is 0 Å². The molecular weight excluding hydrogens is 414 g/mol. The Labute approximate surface area is 186 Å². The molecule has 0 aromatic heterocycles. The Hall–Kier alpha value is -1.93. The minimum atomic E-state index is -3.89. The molecule has 0 bridgehead atoms. The molecule has 8 heteroatoms. The number of rotatable bonds is 6. The predicted octanol–water partition coefficient (Wildman–Crippen LogP) is 3.13. The van der Waals surface area contributed by atoms with Crippen LogP contribution in [-0.4, -0.2) is 38.4 Å². The molecule has 1 fully saturated rings. The van der Waals surface area contributed by atoms with Crippen LogP contribution in [-0.2, 0) is 26.0 Å². The van der Waals surface area contributed by atoms with Crippen molar-refractivity contribution in [2.45, 2.75) is 95.7 Å². The summed E-state index contributed by atoms with van der Waals surface area (Å²) in [4.78, 5) is 26.7. The molecule has 1 aliphatic carbocycles. The van der Waals surface area contributed by atoms with E-state index in [1.54, 1.807) is 17.0 Å². The van der Waals surface area contributed by atoms with Gasteiger partial charge in [-0.05, 0) is 55.9 Å². The zero-order chi connectivity index (χ0) is 22.8. The van der Waals surface area contributed by atoms with Crippen LogP contribution in [0.5, 0.6) is 0 Å². The first-order valence-corrected chi connectivity index (χ1v) is 12.8. The largest absolute Gasteiger partial charge is 0.352 e. The molecule has 172 valence electrons. The van der Waals surface area contributed by atoms with E-state index in [1.165, 1.54) is 25.8 Å². The van der Waals surface area contributed by atoms with Gasteiger partial charge in [0.25, 0.3) is 0 Å². The summed E-state index contributed by atoms with van der Waals surface area (Å²) in [6.07, 6.45) is 7.04. The summed E-state index contributed by atoms with van der Waals surface area (Å²) < 4.78 is 28.9. The minimum Gasteiger partial charge on any atom is -0.352 e. The van der Waals surface area contributed by atoms with Crippen molar-refractivity contribution in [2.75, 3.05) is 4.90 Å². The minimum absolute atomic E-state index is 0.00724. The maximum absolute atomic E-state index is 13.1. The van der Waals surface area contributed by atoms with E-state index in [-0.39, 0.29) is 34.7 Å². The van der Waals surface area contributed by atoms with E-state index in [4.69, 9.17) is 0 Å². The van der Waals surface area contributed by atoms with Gasteiger partial charge in [0.1, 0.15) is 6.04 Å². The number of benzene rings is 1. The molecule has 1 aromatic carbocycles. The lowest BCUT2D eigenvalue weighted by Crippen LogP contribution is -2.51. The van der Waals surface area contributed by atoms with Gasteiger partial charge < -0.3 is 10.2 Å². The van der Waals surface area contributed by atoms with Crippen molar-refractivity contribution in [1.82, 2.24) is 10.0 Å². The number of nitrogens with one attached hydrogen (secondary N) is 2. The van der Waals surface area contributed by atoms with E-state index in [0.717, 1.165) is 36.9 Å². The second-order valence-corrected chi connectivity index (χ2v) is 11.0. The second-order valence-electron chi connectivity index (χ2n) is 9.27. The fourth-order valence-electron chi connectivity index (χ4n) is 4.70. The highest BCUT2D eigenvalue weighted by Crippen LogP contribution is 2.34. The lowest BCUT2D eigenvalue weighted by atomic mass is 10.0. The van der Waals surface area contributed by atoms with E-state index in [1.807, 2.05) is 20.8 Å². The van der Waals surface area contributed by atoms with Gasteiger partial charge in [0.15, 0.2) is 0 Å². The number of nitrogens with zero attached hydrogens (tertiary/aromatic N) is 1. The van der Waals surface area contributed by atoms with Gasteiger partial charge >= 0.3 is 0 Å². The Balaban J connectivity index is 1.77.